The number of carbonyl (C=O) groups is 1. The predicted octanol–water partition coefficient (Wildman–Crippen LogP) is 4.36. The summed E-state index contributed by atoms with van der Waals surface area (Å²) in [6.07, 6.45) is 1.45. The van der Waals surface area contributed by atoms with Crippen LogP contribution in [0.4, 0.5) is 26.0 Å². The number of nitrogens with zero attached hydrogens (tertiary/aromatic N) is 1. The van der Waals surface area contributed by atoms with Crippen LogP contribution in [0.15, 0.2) is 66.9 Å². The number of amides is 1. The Morgan fingerprint density at radius 1 is 0.875 bits per heavy atom. The van der Waals surface area contributed by atoms with Crippen molar-refractivity contribution in [3.63, 3.8) is 0 Å². The largest absolute Gasteiger partial charge is 0.340 e. The number of aromatic nitrogens is 1. The standard InChI is InChI=1S/C18H13F2N3O/c19-12-5-7-13(8-6-12)22-17-10-9-14(11-21-17)23-18(24)15-3-1-2-4-16(15)20/h1-11H,(H,21,22)(H,23,24). The lowest BCUT2D eigenvalue weighted by molar-refractivity contribution is 0.102. The maximum Gasteiger partial charge on any atom is 0.258 e. The Kier molecular flexibility index (Phi) is 4.47. The van der Waals surface area contributed by atoms with Gasteiger partial charge in [-0.3, -0.25) is 4.79 Å². The quantitative estimate of drug-likeness (QED) is 0.749. The molecular formula is C18H13F2N3O. The number of halogens is 2. The molecule has 0 saturated carbocycles. The van der Waals surface area contributed by atoms with E-state index >= 15 is 0 Å². The summed E-state index contributed by atoms with van der Waals surface area (Å²) in [7, 11) is 0. The van der Waals surface area contributed by atoms with Crippen LogP contribution in [0.3, 0.4) is 0 Å². The number of rotatable bonds is 4. The summed E-state index contributed by atoms with van der Waals surface area (Å²) in [6, 6.07) is 14.9. The lowest BCUT2D eigenvalue weighted by Crippen LogP contribution is -2.13. The zero-order chi connectivity index (χ0) is 16.9. The summed E-state index contributed by atoms with van der Waals surface area (Å²) >= 11 is 0. The molecule has 1 heterocycles. The first-order valence-corrected chi connectivity index (χ1v) is 7.16. The molecule has 1 amide bonds. The second-order valence-corrected chi connectivity index (χ2v) is 5.00. The van der Waals surface area contributed by atoms with E-state index in [0.29, 0.717) is 17.2 Å². The lowest BCUT2D eigenvalue weighted by atomic mass is 10.2. The van der Waals surface area contributed by atoms with Crippen LogP contribution in [0.2, 0.25) is 0 Å². The highest BCUT2D eigenvalue weighted by atomic mass is 19.1. The molecule has 0 radical (unpaired) electrons. The van der Waals surface area contributed by atoms with E-state index < -0.39 is 11.7 Å². The fraction of sp³-hybridized carbons (Fsp3) is 0. The molecule has 2 N–H and O–H groups in total. The summed E-state index contributed by atoms with van der Waals surface area (Å²) in [6.45, 7) is 0. The van der Waals surface area contributed by atoms with E-state index in [-0.39, 0.29) is 11.4 Å². The van der Waals surface area contributed by atoms with Gasteiger partial charge in [0, 0.05) is 5.69 Å². The van der Waals surface area contributed by atoms with Gasteiger partial charge in [0.25, 0.3) is 5.91 Å². The maximum atomic E-state index is 13.6. The van der Waals surface area contributed by atoms with E-state index in [9.17, 15) is 13.6 Å². The normalized spacial score (nSPS) is 10.2. The Balaban J connectivity index is 1.67. The Morgan fingerprint density at radius 2 is 1.58 bits per heavy atom. The fourth-order valence-corrected chi connectivity index (χ4v) is 2.07. The number of benzene rings is 2. The molecule has 0 atom stereocenters. The van der Waals surface area contributed by atoms with Gasteiger partial charge in [-0.15, -0.1) is 0 Å². The zero-order valence-corrected chi connectivity index (χ0v) is 12.5. The van der Waals surface area contributed by atoms with Crippen molar-refractivity contribution in [3.8, 4) is 0 Å². The van der Waals surface area contributed by atoms with Crippen LogP contribution in [0.1, 0.15) is 10.4 Å². The molecule has 0 spiro atoms. The maximum absolute atomic E-state index is 13.6. The third-order valence-corrected chi connectivity index (χ3v) is 3.26. The van der Waals surface area contributed by atoms with Crippen LogP contribution in [0.25, 0.3) is 0 Å². The molecule has 2 aromatic carbocycles. The Hall–Kier alpha value is -3.28. The molecule has 0 aliphatic heterocycles. The smallest absolute Gasteiger partial charge is 0.258 e. The van der Waals surface area contributed by atoms with Gasteiger partial charge in [0.15, 0.2) is 0 Å². The average Bonchev–Trinajstić information content (AvgIpc) is 2.59. The molecule has 24 heavy (non-hydrogen) atoms. The minimum Gasteiger partial charge on any atom is -0.340 e. The van der Waals surface area contributed by atoms with Crippen LogP contribution in [0, 0.1) is 11.6 Å². The van der Waals surface area contributed by atoms with Gasteiger partial charge >= 0.3 is 0 Å². The van der Waals surface area contributed by atoms with Gasteiger partial charge in [-0.05, 0) is 48.5 Å². The van der Waals surface area contributed by atoms with Crippen molar-refractivity contribution >= 4 is 23.1 Å². The molecule has 0 bridgehead atoms. The van der Waals surface area contributed by atoms with Crippen molar-refractivity contribution in [1.29, 1.82) is 0 Å². The Bertz CT molecular complexity index is 849. The van der Waals surface area contributed by atoms with Crippen LogP contribution in [0.5, 0.6) is 0 Å². The number of anilines is 3. The molecule has 120 valence electrons. The molecule has 3 rings (SSSR count). The van der Waals surface area contributed by atoms with E-state index in [1.54, 1.807) is 30.3 Å². The van der Waals surface area contributed by atoms with Crippen molar-refractivity contribution in [3.05, 3.63) is 84.1 Å². The Morgan fingerprint density at radius 3 is 2.25 bits per heavy atom. The van der Waals surface area contributed by atoms with E-state index in [1.807, 2.05) is 0 Å². The van der Waals surface area contributed by atoms with E-state index in [0.717, 1.165) is 0 Å². The minimum atomic E-state index is -0.586. The number of nitrogens with one attached hydrogen (secondary N) is 2. The fourth-order valence-electron chi connectivity index (χ4n) is 2.07. The van der Waals surface area contributed by atoms with E-state index in [2.05, 4.69) is 15.6 Å². The first kappa shape index (κ1) is 15.6. The van der Waals surface area contributed by atoms with Crippen molar-refractivity contribution in [1.82, 2.24) is 4.98 Å². The second-order valence-electron chi connectivity index (χ2n) is 5.00. The monoisotopic (exact) mass is 325 g/mol. The number of carbonyl (C=O) groups excluding carboxylic acids is 1. The molecule has 0 saturated heterocycles. The Labute approximate surface area is 137 Å². The third-order valence-electron chi connectivity index (χ3n) is 3.26. The third kappa shape index (κ3) is 3.73. The summed E-state index contributed by atoms with van der Waals surface area (Å²) in [5, 5.41) is 5.58. The summed E-state index contributed by atoms with van der Waals surface area (Å²) in [4.78, 5) is 16.2. The summed E-state index contributed by atoms with van der Waals surface area (Å²) in [5.74, 6) is -0.920. The highest BCUT2D eigenvalue weighted by Crippen LogP contribution is 2.17. The molecule has 0 aliphatic carbocycles. The number of hydrogen-bond donors (Lipinski definition) is 2. The van der Waals surface area contributed by atoms with Crippen molar-refractivity contribution in [2.45, 2.75) is 0 Å². The number of pyridine rings is 1. The number of hydrogen-bond acceptors (Lipinski definition) is 3. The van der Waals surface area contributed by atoms with Crippen molar-refractivity contribution < 1.29 is 13.6 Å². The highest BCUT2D eigenvalue weighted by molar-refractivity contribution is 6.04. The van der Waals surface area contributed by atoms with Crippen molar-refractivity contribution in [2.24, 2.45) is 0 Å². The van der Waals surface area contributed by atoms with Crippen LogP contribution < -0.4 is 10.6 Å². The summed E-state index contributed by atoms with van der Waals surface area (Å²) in [5.41, 5.74) is 1.09. The molecule has 0 aliphatic rings. The lowest BCUT2D eigenvalue weighted by Gasteiger charge is -2.08. The highest BCUT2D eigenvalue weighted by Gasteiger charge is 2.11. The van der Waals surface area contributed by atoms with Gasteiger partial charge in [0.2, 0.25) is 0 Å². The van der Waals surface area contributed by atoms with Gasteiger partial charge in [-0.2, -0.15) is 0 Å². The van der Waals surface area contributed by atoms with Gasteiger partial charge in [0.05, 0.1) is 17.4 Å². The van der Waals surface area contributed by atoms with Crippen molar-refractivity contribution in [2.75, 3.05) is 10.6 Å². The molecule has 4 nitrogen and oxygen atoms in total. The first-order chi connectivity index (χ1) is 11.6. The molecular weight excluding hydrogens is 312 g/mol. The van der Waals surface area contributed by atoms with Crippen LogP contribution in [-0.4, -0.2) is 10.9 Å². The van der Waals surface area contributed by atoms with Crippen LogP contribution >= 0.6 is 0 Å². The summed E-state index contributed by atoms with van der Waals surface area (Å²) < 4.78 is 26.4. The van der Waals surface area contributed by atoms with Gasteiger partial charge in [-0.25, -0.2) is 13.8 Å². The second kappa shape index (κ2) is 6.87. The molecule has 0 fully saturated rings. The van der Waals surface area contributed by atoms with Gasteiger partial charge in [0.1, 0.15) is 17.5 Å². The van der Waals surface area contributed by atoms with E-state index in [4.69, 9.17) is 0 Å². The molecule has 1 aromatic heterocycles. The van der Waals surface area contributed by atoms with Crippen LogP contribution in [-0.2, 0) is 0 Å². The van der Waals surface area contributed by atoms with Gasteiger partial charge < -0.3 is 10.6 Å². The minimum absolute atomic E-state index is 0.0361. The van der Waals surface area contributed by atoms with E-state index in [1.165, 1.54) is 36.5 Å². The predicted molar refractivity (Wildman–Crippen MR) is 88.3 cm³/mol. The topological polar surface area (TPSA) is 54.0 Å². The molecule has 3 aromatic rings. The first-order valence-electron chi connectivity index (χ1n) is 7.16. The SMILES string of the molecule is O=C(Nc1ccc(Nc2ccc(F)cc2)nc1)c1ccccc1F. The zero-order valence-electron chi connectivity index (χ0n) is 12.5. The average molecular weight is 325 g/mol. The van der Waals surface area contributed by atoms with Gasteiger partial charge in [-0.1, -0.05) is 12.1 Å². The molecule has 6 heteroatoms. The molecule has 0 unspecified atom stereocenters.